The number of rotatable bonds is 0. The van der Waals surface area contributed by atoms with Crippen LogP contribution in [0.4, 0.5) is 0 Å². The van der Waals surface area contributed by atoms with Gasteiger partial charge < -0.3 is 0 Å². The van der Waals surface area contributed by atoms with E-state index >= 15 is 0 Å². The van der Waals surface area contributed by atoms with Crippen molar-refractivity contribution in [2.75, 3.05) is 7.05 Å². The summed E-state index contributed by atoms with van der Waals surface area (Å²) in [7, 11) is 1.81. The first kappa shape index (κ1) is 5.15. The van der Waals surface area contributed by atoms with Gasteiger partial charge in [-0.05, 0) is 12.0 Å². The highest BCUT2D eigenvalue weighted by atomic mass is 15.4. The largest absolute Gasteiger partial charge is 0.293 e. The first-order valence-corrected chi connectivity index (χ1v) is 2.42. The van der Waals surface area contributed by atoms with Gasteiger partial charge in [0.05, 0.1) is 0 Å². The molecule has 3 nitrogen and oxygen atoms in total. The number of hydrazone groups is 1. The Bertz CT molecular complexity index is 185. The van der Waals surface area contributed by atoms with Crippen molar-refractivity contribution in [1.29, 1.82) is 5.41 Å². The first-order chi connectivity index (χ1) is 3.70. The average Bonchev–Trinajstić information content (AvgIpc) is 1.85. The molecule has 3 heteroatoms. The van der Waals surface area contributed by atoms with Gasteiger partial charge in [0, 0.05) is 0 Å². The van der Waals surface area contributed by atoms with Gasteiger partial charge in [0.1, 0.15) is 11.4 Å². The number of hydrogen-bond donors (Lipinski definition) is 1. The van der Waals surface area contributed by atoms with Crippen molar-refractivity contribution in [2.24, 2.45) is 5.10 Å². The molecule has 0 saturated heterocycles. The van der Waals surface area contributed by atoms with Gasteiger partial charge in [-0.25, -0.2) is 0 Å². The van der Waals surface area contributed by atoms with Crippen molar-refractivity contribution in [3.05, 3.63) is 0 Å². The minimum absolute atomic E-state index is 0.507. The fourth-order valence-electron chi connectivity index (χ4n) is 0.600. The van der Waals surface area contributed by atoms with Crippen LogP contribution in [0.25, 0.3) is 0 Å². The minimum atomic E-state index is 0.507. The SMILES string of the molecule is CC1=N[N+](C)=CC1=N. The number of nitrogens with one attached hydrogen (secondary N) is 1. The van der Waals surface area contributed by atoms with Crippen LogP contribution >= 0.6 is 0 Å². The van der Waals surface area contributed by atoms with Crippen molar-refractivity contribution in [1.82, 2.24) is 0 Å². The highest BCUT2D eigenvalue weighted by molar-refractivity contribution is 6.61. The van der Waals surface area contributed by atoms with Crippen molar-refractivity contribution in [3.8, 4) is 0 Å². The summed E-state index contributed by atoms with van der Waals surface area (Å²) >= 11 is 0. The molecule has 0 radical (unpaired) electrons. The Kier molecular flexibility index (Phi) is 0.970. The maximum absolute atomic E-state index is 7.16. The Morgan fingerprint density at radius 1 is 1.75 bits per heavy atom. The van der Waals surface area contributed by atoms with Gasteiger partial charge in [0.25, 0.3) is 0 Å². The lowest BCUT2D eigenvalue weighted by atomic mass is 10.3. The van der Waals surface area contributed by atoms with Gasteiger partial charge in [-0.3, -0.25) is 5.41 Å². The quantitative estimate of drug-likeness (QED) is 0.430. The van der Waals surface area contributed by atoms with Crippen LogP contribution in [0.15, 0.2) is 5.10 Å². The van der Waals surface area contributed by atoms with Crippen LogP contribution in [0.1, 0.15) is 6.92 Å². The summed E-state index contributed by atoms with van der Waals surface area (Å²) in [4.78, 5) is 0. The van der Waals surface area contributed by atoms with Gasteiger partial charge in [0.2, 0.25) is 6.21 Å². The molecule has 1 N–H and O–H groups in total. The summed E-state index contributed by atoms with van der Waals surface area (Å²) in [5.74, 6) is 0. The number of nitrogens with zero attached hydrogens (tertiary/aromatic N) is 2. The van der Waals surface area contributed by atoms with Crippen molar-refractivity contribution < 1.29 is 4.68 Å². The molecule has 0 amide bonds. The lowest BCUT2D eigenvalue weighted by molar-refractivity contribution is -0.493. The zero-order valence-corrected chi connectivity index (χ0v) is 4.97. The predicted molar refractivity (Wildman–Crippen MR) is 33.1 cm³/mol. The molecular formula is C5H8N3+. The molecule has 0 bridgehead atoms. The van der Waals surface area contributed by atoms with E-state index in [0.29, 0.717) is 5.71 Å². The molecular weight excluding hydrogens is 102 g/mol. The summed E-state index contributed by atoms with van der Waals surface area (Å²) in [6.45, 7) is 1.82. The molecule has 0 aliphatic carbocycles. The van der Waals surface area contributed by atoms with Gasteiger partial charge >= 0.3 is 0 Å². The van der Waals surface area contributed by atoms with Gasteiger partial charge in [-0.15, -0.1) is 0 Å². The highest BCUT2D eigenvalue weighted by Gasteiger charge is 2.12. The molecule has 0 fully saturated rings. The van der Waals surface area contributed by atoms with E-state index in [1.807, 2.05) is 14.0 Å². The zero-order valence-electron chi connectivity index (χ0n) is 4.97. The van der Waals surface area contributed by atoms with Crippen LogP contribution in [-0.2, 0) is 0 Å². The molecule has 1 aliphatic heterocycles. The summed E-state index contributed by atoms with van der Waals surface area (Å²) in [6.07, 6.45) is 1.68. The van der Waals surface area contributed by atoms with E-state index in [1.54, 1.807) is 10.9 Å². The topological polar surface area (TPSA) is 39.2 Å². The van der Waals surface area contributed by atoms with Crippen LogP contribution < -0.4 is 0 Å². The zero-order chi connectivity index (χ0) is 6.15. The third kappa shape index (κ3) is 0.665. The van der Waals surface area contributed by atoms with Gasteiger partial charge in [0.15, 0.2) is 7.05 Å². The Labute approximate surface area is 47.8 Å². The molecule has 0 aromatic rings. The predicted octanol–water partition coefficient (Wildman–Crippen LogP) is 0.109. The Balaban J connectivity index is 2.95. The van der Waals surface area contributed by atoms with Crippen molar-refractivity contribution in [3.63, 3.8) is 0 Å². The summed E-state index contributed by atoms with van der Waals surface area (Å²) in [6, 6.07) is 0. The highest BCUT2D eigenvalue weighted by Crippen LogP contribution is 1.86. The van der Waals surface area contributed by atoms with E-state index in [9.17, 15) is 0 Å². The van der Waals surface area contributed by atoms with E-state index in [0.717, 1.165) is 5.71 Å². The third-order valence-corrected chi connectivity index (χ3v) is 1.01. The molecule has 0 atom stereocenters. The van der Waals surface area contributed by atoms with Crippen LogP contribution in [0.3, 0.4) is 0 Å². The second kappa shape index (κ2) is 1.51. The van der Waals surface area contributed by atoms with Gasteiger partial charge in [-0.1, -0.05) is 4.68 Å². The first-order valence-electron chi connectivity index (χ1n) is 2.42. The second-order valence-corrected chi connectivity index (χ2v) is 1.80. The molecule has 0 unspecified atom stereocenters. The summed E-state index contributed by atoms with van der Waals surface area (Å²) in [5, 5.41) is 11.1. The van der Waals surface area contributed by atoms with Crippen LogP contribution in [0, 0.1) is 5.41 Å². The lowest BCUT2D eigenvalue weighted by Crippen LogP contribution is -2.04. The van der Waals surface area contributed by atoms with E-state index in [4.69, 9.17) is 5.41 Å². The molecule has 1 rings (SSSR count). The Morgan fingerprint density at radius 3 is 2.50 bits per heavy atom. The molecule has 1 heterocycles. The normalized spacial score (nSPS) is 18.5. The molecule has 1 aliphatic rings. The average molecular weight is 110 g/mol. The van der Waals surface area contributed by atoms with E-state index in [1.165, 1.54) is 0 Å². The number of hydrogen-bond acceptors (Lipinski definition) is 2. The fraction of sp³-hybridized carbons (Fsp3) is 0.400. The van der Waals surface area contributed by atoms with E-state index in [-0.39, 0.29) is 0 Å². The maximum atomic E-state index is 7.16. The van der Waals surface area contributed by atoms with Crippen molar-refractivity contribution in [2.45, 2.75) is 6.92 Å². The van der Waals surface area contributed by atoms with E-state index in [2.05, 4.69) is 5.10 Å². The molecule has 8 heavy (non-hydrogen) atoms. The Morgan fingerprint density at radius 2 is 2.38 bits per heavy atom. The molecule has 0 spiro atoms. The Hall–Kier alpha value is -0.990. The summed E-state index contributed by atoms with van der Waals surface area (Å²) in [5.41, 5.74) is 1.29. The smallest absolute Gasteiger partial charge is 0.222 e. The monoisotopic (exact) mass is 110 g/mol. The molecule has 42 valence electrons. The van der Waals surface area contributed by atoms with Crippen LogP contribution in [0.2, 0.25) is 0 Å². The molecule has 0 aromatic heterocycles. The standard InChI is InChI=1S/C5H8N3/c1-4-5(6)3-8(2)7-4/h3,6H,1-2H3/q+1. The second-order valence-electron chi connectivity index (χ2n) is 1.80. The van der Waals surface area contributed by atoms with Crippen molar-refractivity contribution >= 4 is 17.6 Å². The minimum Gasteiger partial charge on any atom is -0.293 e. The maximum Gasteiger partial charge on any atom is 0.222 e. The summed E-state index contributed by atoms with van der Waals surface area (Å²) < 4.78 is 1.64. The fourth-order valence-corrected chi connectivity index (χ4v) is 0.600. The van der Waals surface area contributed by atoms with E-state index < -0.39 is 0 Å². The van der Waals surface area contributed by atoms with Crippen LogP contribution in [-0.4, -0.2) is 29.4 Å². The molecule has 0 saturated carbocycles. The molecule has 0 aromatic carbocycles. The van der Waals surface area contributed by atoms with Gasteiger partial charge in [-0.2, -0.15) is 0 Å². The third-order valence-electron chi connectivity index (χ3n) is 1.01. The van der Waals surface area contributed by atoms with Crippen LogP contribution in [0.5, 0.6) is 0 Å². The lowest BCUT2D eigenvalue weighted by Gasteiger charge is -1.73.